The molecule has 11 nitrogen and oxygen atoms in total. The Balaban J connectivity index is 1.75. The zero-order valence-corrected chi connectivity index (χ0v) is 20.5. The van der Waals surface area contributed by atoms with Gasteiger partial charge in [0.25, 0.3) is 15.6 Å². The Kier molecular flexibility index (Phi) is 7.91. The predicted octanol–water partition coefficient (Wildman–Crippen LogP) is 1.40. The van der Waals surface area contributed by atoms with Crippen LogP contribution in [-0.4, -0.2) is 38.0 Å². The number of guanidine groups is 1. The number of carbonyl (C=O) groups is 1. The Labute approximate surface area is 203 Å². The summed E-state index contributed by atoms with van der Waals surface area (Å²) in [6, 6.07) is 13.0. The number of amides is 1. The van der Waals surface area contributed by atoms with E-state index in [4.69, 9.17) is 16.0 Å². The van der Waals surface area contributed by atoms with Crippen molar-refractivity contribution >= 4 is 54.3 Å². The topological polar surface area (TPSA) is 168 Å². The molecule has 3 aromatic rings. The molecule has 0 aliphatic rings. The number of fused-ring (bicyclic) bond motifs is 1. The fraction of sp³-hybridized carbons (Fsp3) is 0.190. The number of halogens is 1. The highest BCUT2D eigenvalue weighted by atomic mass is 79.9. The second-order valence-corrected chi connectivity index (χ2v) is 9.85. The number of hydrogen-bond donors (Lipinski definition) is 5. The number of aromatic nitrogens is 1. The number of hydrogen-bond acceptors (Lipinski definition) is 6. The van der Waals surface area contributed by atoms with E-state index in [1.807, 2.05) is 12.1 Å². The number of anilines is 1. The van der Waals surface area contributed by atoms with Gasteiger partial charge < -0.3 is 15.6 Å². The number of aryl methyl sites for hydroxylation is 1. The monoisotopic (exact) mass is 550 g/mol. The number of nitrogens with two attached hydrogens (primary N) is 1. The lowest BCUT2D eigenvalue weighted by atomic mass is 10.1. The van der Waals surface area contributed by atoms with Gasteiger partial charge >= 0.3 is 0 Å². The molecule has 2 aromatic carbocycles. The molecule has 6 N–H and O–H groups in total. The van der Waals surface area contributed by atoms with Gasteiger partial charge in [0.05, 0.1) is 11.5 Å². The third-order valence-electron chi connectivity index (χ3n) is 4.73. The van der Waals surface area contributed by atoms with Gasteiger partial charge in [0.1, 0.15) is 12.2 Å². The number of hydroxylamine groups is 1. The van der Waals surface area contributed by atoms with Crippen LogP contribution in [0.15, 0.2) is 62.7 Å². The Morgan fingerprint density at radius 1 is 1.15 bits per heavy atom. The van der Waals surface area contributed by atoms with Gasteiger partial charge in [-0.15, -0.1) is 0 Å². The molecule has 0 radical (unpaired) electrons. The van der Waals surface area contributed by atoms with Crippen LogP contribution in [0.1, 0.15) is 5.69 Å². The molecule has 0 aliphatic carbocycles. The first-order valence-electron chi connectivity index (χ1n) is 9.98. The minimum absolute atomic E-state index is 0.00533. The van der Waals surface area contributed by atoms with Gasteiger partial charge in [-0.2, -0.15) is 0 Å². The van der Waals surface area contributed by atoms with Crippen molar-refractivity contribution in [3.05, 3.63) is 69.1 Å². The van der Waals surface area contributed by atoms with Crippen molar-refractivity contribution in [2.24, 2.45) is 5.73 Å². The molecule has 0 atom stereocenters. The fourth-order valence-electron chi connectivity index (χ4n) is 3.08. The van der Waals surface area contributed by atoms with E-state index in [1.165, 1.54) is 22.8 Å². The highest BCUT2D eigenvalue weighted by Gasteiger charge is 2.18. The first kappa shape index (κ1) is 25.2. The molecule has 1 heterocycles. The van der Waals surface area contributed by atoms with Gasteiger partial charge in [-0.25, -0.2) is 13.9 Å². The van der Waals surface area contributed by atoms with E-state index < -0.39 is 21.5 Å². The summed E-state index contributed by atoms with van der Waals surface area (Å²) in [6.45, 7) is 1.47. The van der Waals surface area contributed by atoms with Crippen LogP contribution >= 0.6 is 15.9 Å². The Morgan fingerprint density at radius 2 is 1.85 bits per heavy atom. The van der Waals surface area contributed by atoms with Crippen molar-refractivity contribution in [1.82, 2.24) is 15.4 Å². The lowest BCUT2D eigenvalue weighted by molar-refractivity contribution is -0.122. The summed E-state index contributed by atoms with van der Waals surface area (Å²) in [7, 11) is -4.05. The second kappa shape index (κ2) is 10.7. The summed E-state index contributed by atoms with van der Waals surface area (Å²) in [6.07, 6.45) is 0. The molecular formula is C21H23BrN6O5S. The van der Waals surface area contributed by atoms with Crippen molar-refractivity contribution < 1.29 is 18.0 Å². The number of sulfonamides is 1. The predicted molar refractivity (Wildman–Crippen MR) is 132 cm³/mol. The van der Waals surface area contributed by atoms with Crippen LogP contribution in [0.4, 0.5) is 5.69 Å². The molecule has 0 aliphatic heterocycles. The van der Waals surface area contributed by atoms with Crippen LogP contribution in [0.3, 0.4) is 0 Å². The standard InChI is InChI=1S/C21H23BrN6O5S/c1-13-2-7-18(20(30)28(13)12-19(29)25-8-9-33-26-21(23)24)27-34(31,32)17-6-4-14-10-16(22)5-3-15(14)11-17/h2-7,10-11,27H,8-9,12H2,1H3,(H,25,29)(H4,23,24,26). The SMILES string of the molecule is Cc1ccc(NS(=O)(=O)c2ccc3cc(Br)ccc3c2)c(=O)n1CC(=O)NCCONC(=N)N. The molecule has 1 aromatic heterocycles. The smallest absolute Gasteiger partial charge is 0.275 e. The summed E-state index contributed by atoms with van der Waals surface area (Å²) >= 11 is 3.38. The molecule has 13 heteroatoms. The normalized spacial score (nSPS) is 11.2. The first-order valence-corrected chi connectivity index (χ1v) is 12.3. The lowest BCUT2D eigenvalue weighted by Gasteiger charge is -2.14. The number of benzene rings is 2. The minimum atomic E-state index is -4.05. The van der Waals surface area contributed by atoms with E-state index in [0.29, 0.717) is 5.69 Å². The van der Waals surface area contributed by atoms with Crippen LogP contribution in [0, 0.1) is 12.3 Å². The first-order chi connectivity index (χ1) is 16.1. The molecular weight excluding hydrogens is 528 g/mol. The summed E-state index contributed by atoms with van der Waals surface area (Å²) < 4.78 is 30.3. The van der Waals surface area contributed by atoms with Crippen molar-refractivity contribution in [3.8, 4) is 0 Å². The van der Waals surface area contributed by atoms with E-state index in [-0.39, 0.29) is 36.2 Å². The van der Waals surface area contributed by atoms with Crippen LogP contribution in [-0.2, 0) is 26.2 Å². The van der Waals surface area contributed by atoms with Gasteiger partial charge in [-0.05, 0) is 54.1 Å². The quantitative estimate of drug-likeness (QED) is 0.116. The minimum Gasteiger partial charge on any atom is -0.368 e. The Morgan fingerprint density at radius 3 is 2.59 bits per heavy atom. The third-order valence-corrected chi connectivity index (χ3v) is 6.59. The summed E-state index contributed by atoms with van der Waals surface area (Å²) in [5.41, 5.74) is 6.84. The average Bonchev–Trinajstić information content (AvgIpc) is 2.77. The maximum atomic E-state index is 12.9. The summed E-state index contributed by atoms with van der Waals surface area (Å²) in [5, 5.41) is 11.1. The number of pyridine rings is 1. The van der Waals surface area contributed by atoms with Crippen LogP contribution < -0.4 is 26.8 Å². The number of rotatable bonds is 9. The Bertz CT molecular complexity index is 1410. The van der Waals surface area contributed by atoms with Gasteiger partial charge in [-0.1, -0.05) is 28.1 Å². The average molecular weight is 551 g/mol. The third kappa shape index (κ3) is 6.34. The molecule has 0 saturated heterocycles. The number of nitrogens with zero attached hydrogens (tertiary/aromatic N) is 1. The van der Waals surface area contributed by atoms with E-state index >= 15 is 0 Å². The molecule has 34 heavy (non-hydrogen) atoms. The molecule has 0 fully saturated rings. The highest BCUT2D eigenvalue weighted by Crippen LogP contribution is 2.23. The highest BCUT2D eigenvalue weighted by molar-refractivity contribution is 9.10. The van der Waals surface area contributed by atoms with E-state index in [0.717, 1.165) is 15.2 Å². The largest absolute Gasteiger partial charge is 0.368 e. The molecule has 0 bridgehead atoms. The second-order valence-electron chi connectivity index (χ2n) is 7.25. The van der Waals surface area contributed by atoms with Crippen LogP contribution in [0.2, 0.25) is 0 Å². The van der Waals surface area contributed by atoms with Gasteiger partial charge in [0, 0.05) is 16.7 Å². The van der Waals surface area contributed by atoms with E-state index in [2.05, 4.69) is 31.4 Å². The van der Waals surface area contributed by atoms with Crippen molar-refractivity contribution in [2.45, 2.75) is 18.4 Å². The maximum absolute atomic E-state index is 12.9. The zero-order chi connectivity index (χ0) is 24.9. The molecule has 0 spiro atoms. The maximum Gasteiger partial charge on any atom is 0.275 e. The molecule has 0 unspecified atom stereocenters. The number of carbonyl (C=O) groups excluding carboxylic acids is 1. The van der Waals surface area contributed by atoms with Crippen molar-refractivity contribution in [3.63, 3.8) is 0 Å². The van der Waals surface area contributed by atoms with E-state index in [9.17, 15) is 18.0 Å². The zero-order valence-electron chi connectivity index (χ0n) is 18.1. The van der Waals surface area contributed by atoms with Gasteiger partial charge in [-0.3, -0.25) is 24.6 Å². The van der Waals surface area contributed by atoms with Crippen molar-refractivity contribution in [1.29, 1.82) is 5.41 Å². The molecule has 0 saturated carbocycles. The van der Waals surface area contributed by atoms with Crippen LogP contribution in [0.25, 0.3) is 10.8 Å². The van der Waals surface area contributed by atoms with Crippen LogP contribution in [0.5, 0.6) is 0 Å². The molecule has 180 valence electrons. The lowest BCUT2D eigenvalue weighted by Crippen LogP contribution is -2.37. The Hall–Kier alpha value is -3.42. The van der Waals surface area contributed by atoms with Crippen molar-refractivity contribution in [2.75, 3.05) is 17.9 Å². The summed E-state index contributed by atoms with van der Waals surface area (Å²) in [5.74, 6) is -0.846. The fourth-order valence-corrected chi connectivity index (χ4v) is 4.55. The van der Waals surface area contributed by atoms with Gasteiger partial charge in [0.15, 0.2) is 0 Å². The summed E-state index contributed by atoms with van der Waals surface area (Å²) in [4.78, 5) is 30.0. The number of nitrogens with one attached hydrogen (secondary N) is 4. The van der Waals surface area contributed by atoms with Gasteiger partial charge in [0.2, 0.25) is 11.9 Å². The molecule has 3 rings (SSSR count). The van der Waals surface area contributed by atoms with E-state index in [1.54, 1.807) is 25.1 Å². The molecule has 1 amide bonds.